The normalized spacial score (nSPS) is 10.2. The van der Waals surface area contributed by atoms with E-state index in [1.807, 2.05) is 31.2 Å². The van der Waals surface area contributed by atoms with Gasteiger partial charge < -0.3 is 15.4 Å². The van der Waals surface area contributed by atoms with Crippen molar-refractivity contribution in [2.75, 3.05) is 17.2 Å². The summed E-state index contributed by atoms with van der Waals surface area (Å²) in [6.45, 7) is 1.88. The van der Waals surface area contributed by atoms with Gasteiger partial charge in [0.2, 0.25) is 0 Å². The zero-order valence-electron chi connectivity index (χ0n) is 14.2. The fourth-order valence-corrected chi connectivity index (χ4v) is 2.24. The first-order chi connectivity index (χ1) is 12.6. The van der Waals surface area contributed by atoms with Crippen molar-refractivity contribution in [3.8, 4) is 5.75 Å². The van der Waals surface area contributed by atoms with Crippen molar-refractivity contribution < 1.29 is 13.9 Å². The molecule has 1 aromatic heterocycles. The van der Waals surface area contributed by atoms with Crippen LogP contribution in [0.5, 0.6) is 5.75 Å². The Hall–Kier alpha value is -3.41. The second-order valence-corrected chi connectivity index (χ2v) is 5.72. The van der Waals surface area contributed by atoms with E-state index in [0.29, 0.717) is 22.9 Å². The number of carbonyl (C=O) groups is 1. The van der Waals surface area contributed by atoms with Crippen LogP contribution >= 0.6 is 0 Å². The molecule has 0 aliphatic rings. The van der Waals surface area contributed by atoms with Gasteiger partial charge in [-0.3, -0.25) is 4.79 Å². The van der Waals surface area contributed by atoms with Gasteiger partial charge in [-0.25, -0.2) is 9.37 Å². The lowest BCUT2D eigenvalue weighted by atomic mass is 10.2. The SMILES string of the molecule is Cc1ccc(OCC(=O)Nc2ccc(Nc3cccc(F)c3)cn2)cc1. The lowest BCUT2D eigenvalue weighted by Gasteiger charge is -2.09. The van der Waals surface area contributed by atoms with Crippen molar-refractivity contribution >= 4 is 23.1 Å². The number of hydrogen-bond donors (Lipinski definition) is 2. The number of aromatic nitrogens is 1. The van der Waals surface area contributed by atoms with Crippen LogP contribution in [0.4, 0.5) is 21.6 Å². The number of nitrogens with zero attached hydrogens (tertiary/aromatic N) is 1. The van der Waals surface area contributed by atoms with Crippen molar-refractivity contribution in [2.24, 2.45) is 0 Å². The Morgan fingerprint density at radius 2 is 1.88 bits per heavy atom. The summed E-state index contributed by atoms with van der Waals surface area (Å²) in [5.41, 5.74) is 2.43. The summed E-state index contributed by atoms with van der Waals surface area (Å²) in [4.78, 5) is 16.1. The van der Waals surface area contributed by atoms with Crippen LogP contribution in [-0.2, 0) is 4.79 Å². The molecule has 6 heteroatoms. The Kier molecular flexibility index (Phi) is 5.43. The molecule has 3 rings (SSSR count). The third-order valence-electron chi connectivity index (χ3n) is 3.54. The first-order valence-electron chi connectivity index (χ1n) is 8.06. The number of nitrogens with one attached hydrogen (secondary N) is 2. The summed E-state index contributed by atoms with van der Waals surface area (Å²) in [7, 11) is 0. The Bertz CT molecular complexity index is 880. The minimum absolute atomic E-state index is 0.103. The van der Waals surface area contributed by atoms with Gasteiger partial charge in [0.1, 0.15) is 17.4 Å². The molecule has 26 heavy (non-hydrogen) atoms. The fraction of sp³-hybridized carbons (Fsp3) is 0.100. The van der Waals surface area contributed by atoms with Crippen molar-refractivity contribution in [3.05, 3.63) is 78.2 Å². The van der Waals surface area contributed by atoms with Crippen LogP contribution in [0, 0.1) is 12.7 Å². The van der Waals surface area contributed by atoms with E-state index in [9.17, 15) is 9.18 Å². The van der Waals surface area contributed by atoms with Gasteiger partial charge in [0.05, 0.1) is 11.9 Å². The Morgan fingerprint density at radius 1 is 1.08 bits per heavy atom. The van der Waals surface area contributed by atoms with Gasteiger partial charge in [-0.1, -0.05) is 23.8 Å². The number of hydrogen-bond acceptors (Lipinski definition) is 4. The highest BCUT2D eigenvalue weighted by molar-refractivity contribution is 5.91. The van der Waals surface area contributed by atoms with Gasteiger partial charge in [-0.2, -0.15) is 0 Å². The molecule has 3 aromatic rings. The molecule has 0 saturated carbocycles. The number of pyridine rings is 1. The zero-order valence-corrected chi connectivity index (χ0v) is 14.2. The number of halogens is 1. The topological polar surface area (TPSA) is 63.2 Å². The van der Waals surface area contributed by atoms with E-state index in [4.69, 9.17) is 4.74 Å². The van der Waals surface area contributed by atoms with Crippen molar-refractivity contribution in [2.45, 2.75) is 6.92 Å². The number of carbonyl (C=O) groups excluding carboxylic acids is 1. The lowest BCUT2D eigenvalue weighted by molar-refractivity contribution is -0.118. The fourth-order valence-electron chi connectivity index (χ4n) is 2.24. The van der Waals surface area contributed by atoms with Crippen LogP contribution < -0.4 is 15.4 Å². The van der Waals surface area contributed by atoms with Gasteiger partial charge in [-0.15, -0.1) is 0 Å². The maximum Gasteiger partial charge on any atom is 0.263 e. The number of anilines is 3. The summed E-state index contributed by atoms with van der Waals surface area (Å²) >= 11 is 0. The summed E-state index contributed by atoms with van der Waals surface area (Å²) in [5.74, 6) is 0.421. The van der Waals surface area contributed by atoms with E-state index in [0.717, 1.165) is 5.56 Å². The van der Waals surface area contributed by atoms with Crippen LogP contribution in [-0.4, -0.2) is 17.5 Å². The number of rotatable bonds is 6. The molecule has 0 fully saturated rings. The monoisotopic (exact) mass is 351 g/mol. The summed E-state index contributed by atoms with van der Waals surface area (Å²) in [5, 5.41) is 5.70. The molecule has 0 spiro atoms. The van der Waals surface area contributed by atoms with E-state index in [1.54, 1.807) is 30.5 Å². The summed E-state index contributed by atoms with van der Waals surface area (Å²) in [6.07, 6.45) is 1.56. The first-order valence-corrected chi connectivity index (χ1v) is 8.06. The molecule has 0 unspecified atom stereocenters. The van der Waals surface area contributed by atoms with E-state index in [1.165, 1.54) is 12.1 Å². The quantitative estimate of drug-likeness (QED) is 0.695. The predicted molar refractivity (Wildman–Crippen MR) is 99.2 cm³/mol. The second kappa shape index (κ2) is 8.11. The molecule has 0 aliphatic carbocycles. The van der Waals surface area contributed by atoms with Crippen molar-refractivity contribution in [1.29, 1.82) is 0 Å². The van der Waals surface area contributed by atoms with E-state index in [2.05, 4.69) is 15.6 Å². The van der Waals surface area contributed by atoms with E-state index < -0.39 is 0 Å². The third kappa shape index (κ3) is 5.04. The molecule has 2 N–H and O–H groups in total. The van der Waals surface area contributed by atoms with Gasteiger partial charge in [0.15, 0.2) is 6.61 Å². The Labute approximate surface area is 150 Å². The summed E-state index contributed by atoms with van der Waals surface area (Å²) < 4.78 is 18.6. The van der Waals surface area contributed by atoms with Crippen molar-refractivity contribution in [3.63, 3.8) is 0 Å². The number of ether oxygens (including phenoxy) is 1. The van der Waals surface area contributed by atoms with Gasteiger partial charge in [0.25, 0.3) is 5.91 Å². The Morgan fingerprint density at radius 3 is 2.58 bits per heavy atom. The minimum atomic E-state index is -0.319. The molecule has 0 radical (unpaired) electrons. The van der Waals surface area contributed by atoms with Crippen LogP contribution in [0.1, 0.15) is 5.56 Å². The maximum absolute atomic E-state index is 13.2. The number of benzene rings is 2. The zero-order chi connectivity index (χ0) is 18.4. The van der Waals surface area contributed by atoms with Crippen LogP contribution in [0.15, 0.2) is 66.9 Å². The molecule has 0 bridgehead atoms. The summed E-state index contributed by atoms with van der Waals surface area (Å²) in [6, 6.07) is 17.0. The predicted octanol–water partition coefficient (Wildman–Crippen LogP) is 4.29. The van der Waals surface area contributed by atoms with E-state index >= 15 is 0 Å². The van der Waals surface area contributed by atoms with Crippen LogP contribution in [0.3, 0.4) is 0 Å². The first kappa shape index (κ1) is 17.4. The molecule has 1 heterocycles. The number of amides is 1. The molecule has 132 valence electrons. The average Bonchev–Trinajstić information content (AvgIpc) is 2.63. The van der Waals surface area contributed by atoms with Crippen LogP contribution in [0.25, 0.3) is 0 Å². The minimum Gasteiger partial charge on any atom is -0.484 e. The molecule has 2 aromatic carbocycles. The largest absolute Gasteiger partial charge is 0.484 e. The standard InChI is InChI=1S/C20H18FN3O2/c1-14-5-8-18(9-6-14)26-13-20(25)24-19-10-7-17(12-22-19)23-16-4-2-3-15(21)11-16/h2-12,23H,13H2,1H3,(H,22,24,25). The van der Waals surface area contributed by atoms with E-state index in [-0.39, 0.29) is 18.3 Å². The Balaban J connectivity index is 1.51. The molecule has 0 atom stereocenters. The molecule has 0 saturated heterocycles. The van der Waals surface area contributed by atoms with Gasteiger partial charge in [-0.05, 0) is 49.4 Å². The number of aryl methyl sites for hydroxylation is 1. The van der Waals surface area contributed by atoms with Crippen molar-refractivity contribution in [1.82, 2.24) is 4.98 Å². The molecular weight excluding hydrogens is 333 g/mol. The highest BCUT2D eigenvalue weighted by Crippen LogP contribution is 2.18. The van der Waals surface area contributed by atoms with Gasteiger partial charge >= 0.3 is 0 Å². The molecule has 5 nitrogen and oxygen atoms in total. The van der Waals surface area contributed by atoms with Gasteiger partial charge in [0, 0.05) is 5.69 Å². The maximum atomic E-state index is 13.2. The molecule has 0 aliphatic heterocycles. The average molecular weight is 351 g/mol. The highest BCUT2D eigenvalue weighted by Gasteiger charge is 2.05. The third-order valence-corrected chi connectivity index (χ3v) is 3.54. The van der Waals surface area contributed by atoms with Crippen LogP contribution in [0.2, 0.25) is 0 Å². The second-order valence-electron chi connectivity index (χ2n) is 5.72. The molecule has 1 amide bonds. The lowest BCUT2D eigenvalue weighted by Crippen LogP contribution is -2.20. The highest BCUT2D eigenvalue weighted by atomic mass is 19.1. The molecular formula is C20H18FN3O2. The smallest absolute Gasteiger partial charge is 0.263 e.